The monoisotopic (exact) mass is 298 g/mol. The Hall–Kier alpha value is -1.85. The zero-order valence-corrected chi connectivity index (χ0v) is 11.3. The summed E-state index contributed by atoms with van der Waals surface area (Å²) >= 11 is 11.7. The molecular formula is C12H8Cl2N2O3. The molecule has 5 nitrogen and oxygen atoms in total. The second-order valence-corrected chi connectivity index (χ2v) is 4.57. The average molecular weight is 299 g/mol. The van der Waals surface area contributed by atoms with Gasteiger partial charge in [-0.3, -0.25) is 10.1 Å². The number of pyridine rings is 1. The molecule has 2 rings (SSSR count). The van der Waals surface area contributed by atoms with Gasteiger partial charge >= 0.3 is 0 Å². The quantitative estimate of drug-likeness (QED) is 0.478. The molecule has 1 aromatic heterocycles. The fraction of sp³-hybridized carbons (Fsp3) is 0.0833. The molecule has 0 unspecified atom stereocenters. The third-order valence-electron chi connectivity index (χ3n) is 2.27. The lowest BCUT2D eigenvalue weighted by Gasteiger charge is -2.07. The van der Waals surface area contributed by atoms with Gasteiger partial charge in [0.05, 0.1) is 22.1 Å². The largest absolute Gasteiger partial charge is 0.437 e. The molecule has 0 aliphatic heterocycles. The lowest BCUT2D eigenvalue weighted by molar-refractivity contribution is -0.385. The van der Waals surface area contributed by atoms with Crippen LogP contribution < -0.4 is 4.74 Å². The number of benzene rings is 1. The number of aryl methyl sites for hydroxylation is 1. The van der Waals surface area contributed by atoms with E-state index in [2.05, 4.69) is 4.98 Å². The van der Waals surface area contributed by atoms with E-state index in [1.54, 1.807) is 12.1 Å². The highest BCUT2D eigenvalue weighted by Gasteiger charge is 2.13. The van der Waals surface area contributed by atoms with E-state index < -0.39 is 4.92 Å². The Morgan fingerprint density at radius 3 is 2.68 bits per heavy atom. The van der Waals surface area contributed by atoms with Crippen LogP contribution >= 0.6 is 23.2 Å². The van der Waals surface area contributed by atoms with E-state index in [9.17, 15) is 10.1 Å². The van der Waals surface area contributed by atoms with Crippen molar-refractivity contribution in [3.05, 3.63) is 56.2 Å². The standard InChI is InChI=1S/C12H8Cl2N2O3/c1-7-2-3-9(13)10(4-7)19-12-6-8(16(17)18)5-11(14)15-12/h2-6H,1H3. The van der Waals surface area contributed by atoms with Crippen LogP contribution in [0.25, 0.3) is 0 Å². The normalized spacial score (nSPS) is 10.3. The molecule has 1 aromatic carbocycles. The Balaban J connectivity index is 2.38. The molecule has 19 heavy (non-hydrogen) atoms. The number of nitro groups is 1. The van der Waals surface area contributed by atoms with Gasteiger partial charge < -0.3 is 4.74 Å². The third kappa shape index (κ3) is 3.33. The van der Waals surface area contributed by atoms with Crippen LogP contribution in [0.5, 0.6) is 11.6 Å². The summed E-state index contributed by atoms with van der Waals surface area (Å²) in [5.74, 6) is 0.387. The van der Waals surface area contributed by atoms with E-state index >= 15 is 0 Å². The highest BCUT2D eigenvalue weighted by molar-refractivity contribution is 6.32. The van der Waals surface area contributed by atoms with E-state index in [4.69, 9.17) is 27.9 Å². The summed E-state index contributed by atoms with van der Waals surface area (Å²) in [6.07, 6.45) is 0. The molecule has 0 radical (unpaired) electrons. The first-order valence-corrected chi connectivity index (χ1v) is 5.97. The van der Waals surface area contributed by atoms with Gasteiger partial charge in [0.15, 0.2) is 0 Å². The van der Waals surface area contributed by atoms with E-state index in [0.29, 0.717) is 10.8 Å². The third-order valence-corrected chi connectivity index (χ3v) is 2.77. The highest BCUT2D eigenvalue weighted by atomic mass is 35.5. The molecule has 2 aromatic rings. The summed E-state index contributed by atoms with van der Waals surface area (Å²) < 4.78 is 5.43. The Kier molecular flexibility index (Phi) is 3.87. The molecule has 0 N–H and O–H groups in total. The van der Waals surface area contributed by atoms with Crippen molar-refractivity contribution in [2.24, 2.45) is 0 Å². The van der Waals surface area contributed by atoms with Gasteiger partial charge in [-0.15, -0.1) is 0 Å². The van der Waals surface area contributed by atoms with Gasteiger partial charge in [0.1, 0.15) is 10.9 Å². The molecular weight excluding hydrogens is 291 g/mol. The average Bonchev–Trinajstić information content (AvgIpc) is 2.33. The Bertz CT molecular complexity index is 647. The lowest BCUT2D eigenvalue weighted by Crippen LogP contribution is -1.93. The van der Waals surface area contributed by atoms with E-state index in [0.717, 1.165) is 11.6 Å². The molecule has 0 bridgehead atoms. The molecule has 7 heteroatoms. The Morgan fingerprint density at radius 2 is 2.00 bits per heavy atom. The Morgan fingerprint density at radius 1 is 1.26 bits per heavy atom. The predicted octanol–water partition coefficient (Wildman–Crippen LogP) is 4.40. The van der Waals surface area contributed by atoms with E-state index in [1.165, 1.54) is 6.07 Å². The van der Waals surface area contributed by atoms with Crippen molar-refractivity contribution in [2.45, 2.75) is 6.92 Å². The molecule has 0 atom stereocenters. The number of hydrogen-bond acceptors (Lipinski definition) is 4. The zero-order chi connectivity index (χ0) is 14.0. The number of nitrogens with zero attached hydrogens (tertiary/aromatic N) is 2. The molecule has 0 spiro atoms. The van der Waals surface area contributed by atoms with Crippen molar-refractivity contribution in [3.8, 4) is 11.6 Å². The van der Waals surface area contributed by atoms with Crippen molar-refractivity contribution >= 4 is 28.9 Å². The summed E-state index contributed by atoms with van der Waals surface area (Å²) in [6, 6.07) is 7.53. The van der Waals surface area contributed by atoms with Crippen LogP contribution in [-0.2, 0) is 0 Å². The maximum atomic E-state index is 10.7. The summed E-state index contributed by atoms with van der Waals surface area (Å²) in [4.78, 5) is 14.0. The van der Waals surface area contributed by atoms with Crippen LogP contribution in [0.4, 0.5) is 5.69 Å². The van der Waals surface area contributed by atoms with Crippen LogP contribution in [0.1, 0.15) is 5.56 Å². The highest BCUT2D eigenvalue weighted by Crippen LogP contribution is 2.31. The van der Waals surface area contributed by atoms with E-state index in [-0.39, 0.29) is 16.7 Å². The van der Waals surface area contributed by atoms with Crippen molar-refractivity contribution in [1.29, 1.82) is 0 Å². The molecule has 1 heterocycles. The van der Waals surface area contributed by atoms with Gasteiger partial charge in [0, 0.05) is 0 Å². The van der Waals surface area contributed by atoms with Gasteiger partial charge in [-0.1, -0.05) is 29.3 Å². The molecule has 98 valence electrons. The Labute approximate surface area is 118 Å². The summed E-state index contributed by atoms with van der Waals surface area (Å²) in [5, 5.41) is 11.1. The predicted molar refractivity (Wildman–Crippen MR) is 72.2 cm³/mol. The fourth-order valence-corrected chi connectivity index (χ4v) is 1.77. The summed E-state index contributed by atoms with van der Waals surface area (Å²) in [5.41, 5.74) is 0.745. The van der Waals surface area contributed by atoms with Gasteiger partial charge in [-0.05, 0) is 24.6 Å². The number of ether oxygens (including phenoxy) is 1. The van der Waals surface area contributed by atoms with Gasteiger partial charge in [-0.2, -0.15) is 0 Å². The van der Waals surface area contributed by atoms with Gasteiger partial charge in [0.25, 0.3) is 5.69 Å². The molecule has 0 fully saturated rings. The molecule has 0 aliphatic rings. The minimum atomic E-state index is -0.571. The topological polar surface area (TPSA) is 65.3 Å². The maximum Gasteiger partial charge on any atom is 0.277 e. The summed E-state index contributed by atoms with van der Waals surface area (Å²) in [7, 11) is 0. The van der Waals surface area contributed by atoms with Crippen molar-refractivity contribution in [1.82, 2.24) is 4.98 Å². The minimum Gasteiger partial charge on any atom is -0.437 e. The van der Waals surface area contributed by atoms with Crippen LogP contribution in [0.2, 0.25) is 10.2 Å². The minimum absolute atomic E-state index is 0.0201. The first-order chi connectivity index (χ1) is 8.95. The second-order valence-electron chi connectivity index (χ2n) is 3.78. The smallest absolute Gasteiger partial charge is 0.277 e. The number of rotatable bonds is 3. The maximum absolute atomic E-state index is 10.7. The second kappa shape index (κ2) is 5.42. The van der Waals surface area contributed by atoms with Crippen LogP contribution in [0.15, 0.2) is 30.3 Å². The first-order valence-electron chi connectivity index (χ1n) is 5.21. The van der Waals surface area contributed by atoms with Gasteiger partial charge in [-0.25, -0.2) is 4.98 Å². The van der Waals surface area contributed by atoms with Crippen LogP contribution in [0, 0.1) is 17.0 Å². The SMILES string of the molecule is Cc1ccc(Cl)c(Oc2cc([N+](=O)[O-])cc(Cl)n2)c1. The van der Waals surface area contributed by atoms with E-state index in [1.807, 2.05) is 13.0 Å². The molecule has 0 aliphatic carbocycles. The van der Waals surface area contributed by atoms with Crippen molar-refractivity contribution in [3.63, 3.8) is 0 Å². The number of halogens is 2. The molecule has 0 saturated carbocycles. The summed E-state index contributed by atoms with van der Waals surface area (Å²) in [6.45, 7) is 1.87. The van der Waals surface area contributed by atoms with Crippen LogP contribution in [0.3, 0.4) is 0 Å². The molecule has 0 saturated heterocycles. The van der Waals surface area contributed by atoms with Crippen LogP contribution in [-0.4, -0.2) is 9.91 Å². The van der Waals surface area contributed by atoms with Crippen molar-refractivity contribution < 1.29 is 9.66 Å². The number of aromatic nitrogens is 1. The zero-order valence-electron chi connectivity index (χ0n) is 9.76. The van der Waals surface area contributed by atoms with Gasteiger partial charge in [0.2, 0.25) is 5.88 Å². The van der Waals surface area contributed by atoms with Crippen molar-refractivity contribution in [2.75, 3.05) is 0 Å². The fourth-order valence-electron chi connectivity index (χ4n) is 1.42. The first kappa shape index (κ1) is 13.6. The lowest BCUT2D eigenvalue weighted by atomic mass is 10.2. The number of hydrogen-bond donors (Lipinski definition) is 0. The molecule has 0 amide bonds.